The van der Waals surface area contributed by atoms with Crippen LogP contribution in [0.5, 0.6) is 11.6 Å². The summed E-state index contributed by atoms with van der Waals surface area (Å²) in [6.45, 7) is 13.2. The number of nitrogens with one attached hydrogen (secondary N) is 4. The topological polar surface area (TPSA) is 224 Å². The number of carbonyl (C=O) groups excluding carboxylic acids is 4. The molecule has 2 aromatic carbocycles. The Morgan fingerprint density at radius 3 is 2.43 bits per heavy atom. The summed E-state index contributed by atoms with van der Waals surface area (Å²) >= 11 is 1.15. The van der Waals surface area contributed by atoms with Gasteiger partial charge in [-0.05, 0) is 74.9 Å². The SMILES string of the molecule is C=C[C@@H]1C[C@]1(NC(=O)[C@@H]1C[C@@H](Oc2nc(-c3ccc(OC(C)C)cc3)nc3c2oc2ccccc23)CN1C(=O)[C@@H](Nc1nc(C(=O)NC)cs1)C(C)(C)C)C(=O)NS(=O)(=O)C1CC1. The molecule has 0 radical (unpaired) electrons. The van der Waals surface area contributed by atoms with Gasteiger partial charge in [0.05, 0.1) is 17.9 Å². The number of ether oxygens (including phenoxy) is 2. The molecule has 0 spiro atoms. The van der Waals surface area contributed by atoms with Crippen LogP contribution < -0.4 is 30.1 Å². The zero-order chi connectivity index (χ0) is 45.0. The zero-order valence-electron chi connectivity index (χ0n) is 35.8. The van der Waals surface area contributed by atoms with E-state index < -0.39 is 74.0 Å². The summed E-state index contributed by atoms with van der Waals surface area (Å²) < 4.78 is 46.7. The molecule has 2 aliphatic carbocycles. The van der Waals surface area contributed by atoms with E-state index in [1.165, 1.54) is 18.0 Å². The number of sulfonamides is 1. The monoisotopic (exact) mass is 898 g/mol. The van der Waals surface area contributed by atoms with E-state index in [0.717, 1.165) is 16.7 Å². The second kappa shape index (κ2) is 16.6. The number of nitrogens with zero attached hydrogens (tertiary/aromatic N) is 4. The first-order chi connectivity index (χ1) is 29.9. The Kier molecular flexibility index (Phi) is 11.5. The average molecular weight is 899 g/mol. The van der Waals surface area contributed by atoms with Crippen LogP contribution in [0.1, 0.15) is 70.8 Å². The number of para-hydroxylation sites is 1. The second-order valence-electron chi connectivity index (χ2n) is 17.5. The second-order valence-corrected chi connectivity index (χ2v) is 20.4. The van der Waals surface area contributed by atoms with Crippen molar-refractivity contribution in [2.45, 2.75) is 95.4 Å². The van der Waals surface area contributed by atoms with E-state index in [2.05, 4.69) is 32.2 Å². The van der Waals surface area contributed by atoms with Crippen LogP contribution in [0.4, 0.5) is 5.13 Å². The number of hydrogen-bond donors (Lipinski definition) is 4. The molecule has 0 unspecified atom stereocenters. The molecule has 4 N–H and O–H groups in total. The van der Waals surface area contributed by atoms with E-state index in [9.17, 15) is 27.6 Å². The van der Waals surface area contributed by atoms with Crippen LogP contribution in [0.25, 0.3) is 33.5 Å². The van der Waals surface area contributed by atoms with Gasteiger partial charge >= 0.3 is 0 Å². The third-order valence-electron chi connectivity index (χ3n) is 11.4. The number of rotatable bonds is 15. The van der Waals surface area contributed by atoms with Crippen molar-refractivity contribution in [3.63, 3.8) is 0 Å². The molecule has 5 atom stereocenters. The lowest BCUT2D eigenvalue weighted by molar-refractivity contribution is -0.141. The predicted octanol–water partition coefficient (Wildman–Crippen LogP) is 5.19. The van der Waals surface area contributed by atoms with Crippen LogP contribution in [0, 0.1) is 11.3 Å². The summed E-state index contributed by atoms with van der Waals surface area (Å²) in [5.74, 6) is -1.83. The van der Waals surface area contributed by atoms with Gasteiger partial charge < -0.3 is 34.7 Å². The molecule has 1 saturated heterocycles. The summed E-state index contributed by atoms with van der Waals surface area (Å²) in [6.07, 6.45) is 1.62. The van der Waals surface area contributed by atoms with Gasteiger partial charge in [-0.3, -0.25) is 23.9 Å². The van der Waals surface area contributed by atoms with Crippen molar-refractivity contribution in [1.82, 2.24) is 35.2 Å². The van der Waals surface area contributed by atoms with Gasteiger partial charge in [-0.1, -0.05) is 39.0 Å². The summed E-state index contributed by atoms with van der Waals surface area (Å²) in [6, 6.07) is 12.6. The highest BCUT2D eigenvalue weighted by Gasteiger charge is 2.62. The minimum absolute atomic E-state index is 0.0212. The van der Waals surface area contributed by atoms with Crippen molar-refractivity contribution in [2.24, 2.45) is 11.3 Å². The van der Waals surface area contributed by atoms with Crippen LogP contribution in [0.2, 0.25) is 0 Å². The number of thiazole rings is 1. The molecular formula is C44H50N8O9S2. The van der Waals surface area contributed by atoms with Gasteiger partial charge in [0.25, 0.3) is 17.7 Å². The Morgan fingerprint density at radius 2 is 1.78 bits per heavy atom. The lowest BCUT2D eigenvalue weighted by atomic mass is 9.85. The smallest absolute Gasteiger partial charge is 0.270 e. The maximum atomic E-state index is 15.0. The summed E-state index contributed by atoms with van der Waals surface area (Å²) in [4.78, 5) is 71.2. The van der Waals surface area contributed by atoms with E-state index in [1.807, 2.05) is 83.1 Å². The number of fused-ring (bicyclic) bond motifs is 3. The molecule has 63 heavy (non-hydrogen) atoms. The lowest BCUT2D eigenvalue weighted by Gasteiger charge is -2.35. The summed E-state index contributed by atoms with van der Waals surface area (Å²) in [5, 5.41) is 10.6. The number of anilines is 1. The molecule has 4 amide bonds. The van der Waals surface area contributed by atoms with Gasteiger partial charge in [-0.25, -0.2) is 18.4 Å². The molecule has 8 rings (SSSR count). The molecule has 17 nitrogen and oxygen atoms in total. The molecule has 19 heteroatoms. The molecule has 0 bridgehead atoms. The Balaban J connectivity index is 1.14. The van der Waals surface area contributed by atoms with Crippen molar-refractivity contribution >= 4 is 72.2 Å². The van der Waals surface area contributed by atoms with Gasteiger partial charge in [-0.2, -0.15) is 4.98 Å². The third kappa shape index (κ3) is 8.80. The Morgan fingerprint density at radius 1 is 1.05 bits per heavy atom. The van der Waals surface area contributed by atoms with Gasteiger partial charge in [-0.15, -0.1) is 17.9 Å². The van der Waals surface area contributed by atoms with Gasteiger partial charge in [0, 0.05) is 35.7 Å². The lowest BCUT2D eigenvalue weighted by Crippen LogP contribution is -2.58. The Bertz CT molecular complexity index is 2720. The molecule has 3 fully saturated rings. The molecule has 332 valence electrons. The quantitative estimate of drug-likeness (QED) is 0.0995. The van der Waals surface area contributed by atoms with E-state index in [4.69, 9.17) is 23.9 Å². The van der Waals surface area contributed by atoms with Crippen LogP contribution in [0.15, 0.2) is 71.0 Å². The van der Waals surface area contributed by atoms with Crippen molar-refractivity contribution in [2.75, 3.05) is 18.9 Å². The van der Waals surface area contributed by atoms with Crippen molar-refractivity contribution in [3.8, 4) is 23.0 Å². The maximum absolute atomic E-state index is 15.0. The number of hydrogen-bond acceptors (Lipinski definition) is 14. The number of benzene rings is 2. The number of aromatic nitrogens is 3. The van der Waals surface area contributed by atoms with E-state index in [-0.39, 0.29) is 42.6 Å². The standard InChI is InChI=1S/C44H50N8O9S2/c1-8-25-20-44(25,41(56)51-63(57,58)28-17-18-28)50-38(54)31-19-27(21-52(31)40(55)35(43(4,5)6)48-42-46-30(22-62-42)37(53)45-7)60-39-34-33(29-11-9-10-12-32(29)61-34)47-36(49-39)24-13-15-26(16-14-24)59-23(2)3/h8-16,22-23,25,27-28,31,35H,1,17-21H2,2-7H3,(H,45,53)(H,46,48)(H,50,54)(H,51,56)/t25-,27-,31+,35-,44-/m1/s1. The molecule has 1 aliphatic heterocycles. The number of furan rings is 1. The molecular weight excluding hydrogens is 849 g/mol. The third-order valence-corrected chi connectivity index (χ3v) is 14.0. The average Bonchev–Trinajstić information content (AvgIpc) is 4.07. The molecule has 3 aromatic heterocycles. The number of amides is 4. The number of likely N-dealkylation sites (tertiary alicyclic amines) is 1. The zero-order valence-corrected chi connectivity index (χ0v) is 37.4. The van der Waals surface area contributed by atoms with Crippen LogP contribution in [0.3, 0.4) is 0 Å². The van der Waals surface area contributed by atoms with Crippen molar-refractivity contribution < 1.29 is 41.5 Å². The minimum atomic E-state index is -3.94. The first-order valence-electron chi connectivity index (χ1n) is 20.8. The fraction of sp³-hybridized carbons (Fsp3) is 0.432. The maximum Gasteiger partial charge on any atom is 0.270 e. The Labute approximate surface area is 368 Å². The molecule has 4 heterocycles. The molecule has 2 saturated carbocycles. The Hall–Kier alpha value is -6.08. The first kappa shape index (κ1) is 43.6. The highest BCUT2D eigenvalue weighted by Crippen LogP contribution is 2.46. The highest BCUT2D eigenvalue weighted by molar-refractivity contribution is 7.91. The molecule has 5 aromatic rings. The van der Waals surface area contributed by atoms with Gasteiger partial charge in [0.1, 0.15) is 46.3 Å². The summed E-state index contributed by atoms with van der Waals surface area (Å²) in [7, 11) is -2.45. The van der Waals surface area contributed by atoms with Gasteiger partial charge in [0.15, 0.2) is 11.0 Å². The number of carbonyl (C=O) groups is 4. The largest absolute Gasteiger partial charge is 0.491 e. The van der Waals surface area contributed by atoms with Crippen molar-refractivity contribution in [3.05, 3.63) is 72.3 Å². The predicted molar refractivity (Wildman–Crippen MR) is 237 cm³/mol. The van der Waals surface area contributed by atoms with Crippen LogP contribution >= 0.6 is 11.3 Å². The van der Waals surface area contributed by atoms with Gasteiger partial charge in [0.2, 0.25) is 27.4 Å². The normalized spacial score (nSPS) is 21.5. The van der Waals surface area contributed by atoms with Crippen molar-refractivity contribution in [1.29, 1.82) is 0 Å². The fourth-order valence-electron chi connectivity index (χ4n) is 7.79. The van der Waals surface area contributed by atoms with E-state index in [1.54, 1.807) is 5.38 Å². The van der Waals surface area contributed by atoms with E-state index >= 15 is 0 Å². The molecule has 3 aliphatic rings. The van der Waals surface area contributed by atoms with Crippen LogP contribution in [-0.4, -0.2) is 101 Å². The van der Waals surface area contributed by atoms with E-state index in [0.29, 0.717) is 46.2 Å². The fourth-order valence-corrected chi connectivity index (χ4v) is 9.88. The minimum Gasteiger partial charge on any atom is -0.491 e. The highest BCUT2D eigenvalue weighted by atomic mass is 32.2. The van der Waals surface area contributed by atoms with Crippen LogP contribution in [-0.2, 0) is 24.4 Å². The summed E-state index contributed by atoms with van der Waals surface area (Å²) in [5.41, 5.74) is -0.164. The first-order valence-corrected chi connectivity index (χ1v) is 23.2.